The molecule has 32 heavy (non-hydrogen) atoms. The van der Waals surface area contributed by atoms with Crippen LogP contribution in [0, 0.1) is 0 Å². The maximum atomic E-state index is 13.3. The Morgan fingerprint density at radius 2 is 1.97 bits per heavy atom. The number of sulfone groups is 1. The Bertz CT molecular complexity index is 1210. The lowest BCUT2D eigenvalue weighted by molar-refractivity contribution is -0.116. The second-order valence-electron chi connectivity index (χ2n) is 7.51. The van der Waals surface area contributed by atoms with Crippen LogP contribution in [0.2, 0.25) is 5.02 Å². The van der Waals surface area contributed by atoms with Crippen LogP contribution in [-0.4, -0.2) is 52.4 Å². The van der Waals surface area contributed by atoms with Gasteiger partial charge < -0.3 is 9.47 Å². The summed E-state index contributed by atoms with van der Waals surface area (Å²) < 4.78 is 26.0. The molecule has 1 saturated heterocycles. The zero-order valence-corrected chi connectivity index (χ0v) is 19.9. The zero-order valence-electron chi connectivity index (χ0n) is 17.5. The molecule has 1 aliphatic heterocycles. The average Bonchev–Trinajstić information content (AvgIpc) is 3.35. The Kier molecular flexibility index (Phi) is 6.88. The number of rotatable bonds is 7. The van der Waals surface area contributed by atoms with Crippen molar-refractivity contribution in [1.82, 2.24) is 14.8 Å². The topological polar surface area (TPSA) is 85.2 Å². The normalized spacial score (nSPS) is 17.4. The van der Waals surface area contributed by atoms with Crippen molar-refractivity contribution in [2.45, 2.75) is 31.1 Å². The fourth-order valence-corrected chi connectivity index (χ4v) is 6.60. The Morgan fingerprint density at radius 3 is 2.62 bits per heavy atom. The quantitative estimate of drug-likeness (QED) is 0.466. The predicted octanol–water partition coefficient (Wildman–Crippen LogP) is 3.93. The van der Waals surface area contributed by atoms with Crippen molar-refractivity contribution in [2.75, 3.05) is 22.2 Å². The van der Waals surface area contributed by atoms with E-state index in [2.05, 4.69) is 10.2 Å². The van der Waals surface area contributed by atoms with Crippen molar-refractivity contribution < 1.29 is 13.2 Å². The van der Waals surface area contributed by atoms with E-state index in [0.717, 1.165) is 5.56 Å². The molecule has 1 aliphatic rings. The summed E-state index contributed by atoms with van der Waals surface area (Å²) >= 11 is 7.42. The molecule has 0 spiro atoms. The number of halogens is 1. The van der Waals surface area contributed by atoms with Crippen molar-refractivity contribution >= 4 is 44.8 Å². The molecule has 0 unspecified atom stereocenters. The summed E-state index contributed by atoms with van der Waals surface area (Å²) in [7, 11) is -3.13. The van der Waals surface area contributed by atoms with Crippen molar-refractivity contribution in [3.05, 3.63) is 59.6 Å². The van der Waals surface area contributed by atoms with Crippen LogP contribution in [0.1, 0.15) is 13.3 Å². The van der Waals surface area contributed by atoms with Gasteiger partial charge in [-0.3, -0.25) is 4.79 Å². The molecular weight excluding hydrogens is 468 g/mol. The molecule has 0 N–H and O–H groups in total. The summed E-state index contributed by atoms with van der Waals surface area (Å²) in [5.41, 5.74) is 1.56. The third kappa shape index (κ3) is 5.00. The molecule has 2 heterocycles. The number of benzene rings is 2. The SMILES string of the molecule is CCn1c(SCC(=O)N(c2ccccc2)[C@H]2CCS(=O)(=O)C2)nnc1-c1cccc(Cl)c1. The summed E-state index contributed by atoms with van der Waals surface area (Å²) in [4.78, 5) is 14.9. The molecule has 0 radical (unpaired) electrons. The minimum atomic E-state index is -3.13. The first-order chi connectivity index (χ1) is 15.4. The van der Waals surface area contributed by atoms with Gasteiger partial charge in [-0.25, -0.2) is 8.42 Å². The molecule has 4 rings (SSSR count). The van der Waals surface area contributed by atoms with E-state index < -0.39 is 9.84 Å². The fourth-order valence-electron chi connectivity index (χ4n) is 3.84. The molecule has 1 fully saturated rings. The van der Waals surface area contributed by atoms with Gasteiger partial charge in [0.15, 0.2) is 20.8 Å². The first-order valence-corrected chi connectivity index (χ1v) is 13.5. The van der Waals surface area contributed by atoms with Crippen LogP contribution >= 0.6 is 23.4 Å². The molecule has 1 amide bonds. The van der Waals surface area contributed by atoms with Gasteiger partial charge in [-0.15, -0.1) is 10.2 Å². The molecule has 0 bridgehead atoms. The van der Waals surface area contributed by atoms with Crippen LogP contribution in [0.15, 0.2) is 59.8 Å². The van der Waals surface area contributed by atoms with E-state index in [4.69, 9.17) is 11.6 Å². The fraction of sp³-hybridized carbons (Fsp3) is 0.318. The molecule has 7 nitrogen and oxygen atoms in total. The van der Waals surface area contributed by atoms with Gasteiger partial charge in [-0.1, -0.05) is 53.7 Å². The lowest BCUT2D eigenvalue weighted by atomic mass is 10.2. The summed E-state index contributed by atoms with van der Waals surface area (Å²) in [6, 6.07) is 16.3. The Labute approximate surface area is 196 Å². The molecule has 0 saturated carbocycles. The van der Waals surface area contributed by atoms with Crippen molar-refractivity contribution in [3.8, 4) is 11.4 Å². The van der Waals surface area contributed by atoms with Crippen molar-refractivity contribution in [2.24, 2.45) is 0 Å². The van der Waals surface area contributed by atoms with Gasteiger partial charge >= 0.3 is 0 Å². The van der Waals surface area contributed by atoms with Gasteiger partial charge in [-0.2, -0.15) is 0 Å². The highest BCUT2D eigenvalue weighted by Crippen LogP contribution is 2.28. The minimum absolute atomic E-state index is 0.0115. The number of anilines is 1. The standard InChI is InChI=1S/C22H23ClN4O3S2/c1-2-26-21(16-7-6-8-17(23)13-16)24-25-22(26)31-14-20(28)27(18-9-4-3-5-10-18)19-11-12-32(29,30)15-19/h3-10,13,19H,2,11-12,14-15H2,1H3/t19-/m0/s1. The van der Waals surface area contributed by atoms with Gasteiger partial charge in [-0.05, 0) is 37.6 Å². The van der Waals surface area contributed by atoms with E-state index in [1.807, 2.05) is 60.0 Å². The second-order valence-corrected chi connectivity index (χ2v) is 11.1. The van der Waals surface area contributed by atoms with Crippen LogP contribution < -0.4 is 4.90 Å². The van der Waals surface area contributed by atoms with Gasteiger partial charge in [0.25, 0.3) is 0 Å². The van der Waals surface area contributed by atoms with E-state index in [9.17, 15) is 13.2 Å². The Morgan fingerprint density at radius 1 is 1.19 bits per heavy atom. The highest BCUT2D eigenvalue weighted by atomic mass is 35.5. The van der Waals surface area contributed by atoms with E-state index in [-0.39, 0.29) is 29.2 Å². The minimum Gasteiger partial charge on any atom is -0.308 e. The van der Waals surface area contributed by atoms with Crippen LogP contribution in [0.25, 0.3) is 11.4 Å². The third-order valence-corrected chi connectivity index (χ3v) is 8.25. The molecule has 10 heteroatoms. The number of nitrogens with zero attached hydrogens (tertiary/aromatic N) is 4. The number of amides is 1. The van der Waals surface area contributed by atoms with E-state index in [1.54, 1.807) is 11.0 Å². The Balaban J connectivity index is 1.55. The average molecular weight is 491 g/mol. The van der Waals surface area contributed by atoms with Gasteiger partial charge in [0.05, 0.1) is 23.3 Å². The molecule has 0 aliphatic carbocycles. The summed E-state index contributed by atoms with van der Waals surface area (Å²) in [6.07, 6.45) is 0.442. The molecule has 2 aromatic carbocycles. The lowest BCUT2D eigenvalue weighted by Crippen LogP contribution is -2.42. The number of hydrogen-bond donors (Lipinski definition) is 0. The van der Waals surface area contributed by atoms with Crippen molar-refractivity contribution in [1.29, 1.82) is 0 Å². The summed E-state index contributed by atoms with van der Waals surface area (Å²) in [5, 5.41) is 9.83. The molecule has 1 atom stereocenters. The first-order valence-electron chi connectivity index (χ1n) is 10.3. The number of para-hydroxylation sites is 1. The van der Waals surface area contributed by atoms with Crippen LogP contribution in [0.3, 0.4) is 0 Å². The molecular formula is C22H23ClN4O3S2. The molecule has 1 aromatic heterocycles. The summed E-state index contributed by atoms with van der Waals surface area (Å²) in [5.74, 6) is 0.751. The monoisotopic (exact) mass is 490 g/mol. The van der Waals surface area contributed by atoms with E-state index in [0.29, 0.717) is 34.7 Å². The molecule has 168 valence electrons. The first kappa shape index (κ1) is 22.8. The number of thioether (sulfide) groups is 1. The van der Waals surface area contributed by atoms with Crippen LogP contribution in [0.4, 0.5) is 5.69 Å². The number of hydrogen-bond acceptors (Lipinski definition) is 6. The maximum absolute atomic E-state index is 13.3. The van der Waals surface area contributed by atoms with E-state index in [1.165, 1.54) is 11.8 Å². The number of carbonyl (C=O) groups excluding carboxylic acids is 1. The number of aromatic nitrogens is 3. The maximum Gasteiger partial charge on any atom is 0.237 e. The van der Waals surface area contributed by atoms with Gasteiger partial charge in [0.1, 0.15) is 0 Å². The number of carbonyl (C=O) groups is 1. The lowest BCUT2D eigenvalue weighted by Gasteiger charge is -2.28. The van der Waals surface area contributed by atoms with Crippen molar-refractivity contribution in [3.63, 3.8) is 0 Å². The Hall–Kier alpha value is -2.36. The highest BCUT2D eigenvalue weighted by molar-refractivity contribution is 7.99. The highest BCUT2D eigenvalue weighted by Gasteiger charge is 2.35. The summed E-state index contributed by atoms with van der Waals surface area (Å²) in [6.45, 7) is 2.62. The van der Waals surface area contributed by atoms with Crippen LogP contribution in [-0.2, 0) is 21.2 Å². The van der Waals surface area contributed by atoms with Gasteiger partial charge in [0.2, 0.25) is 5.91 Å². The van der Waals surface area contributed by atoms with Crippen LogP contribution in [0.5, 0.6) is 0 Å². The smallest absolute Gasteiger partial charge is 0.237 e. The molecule has 3 aromatic rings. The van der Waals surface area contributed by atoms with E-state index >= 15 is 0 Å². The largest absolute Gasteiger partial charge is 0.308 e. The zero-order chi connectivity index (χ0) is 22.7. The third-order valence-electron chi connectivity index (χ3n) is 5.32. The predicted molar refractivity (Wildman–Crippen MR) is 128 cm³/mol. The van der Waals surface area contributed by atoms with Gasteiger partial charge in [0, 0.05) is 22.8 Å². The second kappa shape index (κ2) is 9.64.